The summed E-state index contributed by atoms with van der Waals surface area (Å²) in [5.74, 6) is 1.90. The van der Waals surface area contributed by atoms with E-state index in [9.17, 15) is 4.79 Å². The summed E-state index contributed by atoms with van der Waals surface area (Å²) in [7, 11) is 1.65. The van der Waals surface area contributed by atoms with E-state index in [1.54, 1.807) is 12.0 Å². The van der Waals surface area contributed by atoms with E-state index in [2.05, 4.69) is 20.9 Å². The Morgan fingerprint density at radius 2 is 2.12 bits per heavy atom. The van der Waals surface area contributed by atoms with Crippen LogP contribution in [0.5, 0.6) is 0 Å². The molecule has 1 amide bonds. The summed E-state index contributed by atoms with van der Waals surface area (Å²) in [5.41, 5.74) is 1.02. The highest BCUT2D eigenvalue weighted by Gasteiger charge is 2.25. The van der Waals surface area contributed by atoms with Crippen molar-refractivity contribution in [1.29, 1.82) is 0 Å². The van der Waals surface area contributed by atoms with Gasteiger partial charge >= 0.3 is 6.09 Å². The molecule has 2 aliphatic heterocycles. The van der Waals surface area contributed by atoms with Crippen molar-refractivity contribution in [2.45, 2.75) is 25.9 Å². The molecule has 8 heteroatoms. The first-order chi connectivity index (χ1) is 12.2. The van der Waals surface area contributed by atoms with Crippen LogP contribution in [-0.2, 0) is 20.8 Å². The van der Waals surface area contributed by atoms with Crippen LogP contribution in [0.15, 0.2) is 6.07 Å². The highest BCUT2D eigenvalue weighted by molar-refractivity contribution is 5.68. The lowest BCUT2D eigenvalue weighted by Gasteiger charge is -2.35. The van der Waals surface area contributed by atoms with E-state index >= 15 is 0 Å². The Morgan fingerprint density at radius 3 is 2.76 bits per heavy atom. The molecule has 0 bridgehead atoms. The maximum absolute atomic E-state index is 11.8. The zero-order valence-corrected chi connectivity index (χ0v) is 14.9. The molecule has 1 atom stereocenters. The first kappa shape index (κ1) is 17.9. The fourth-order valence-electron chi connectivity index (χ4n) is 3.17. The standard InChI is InChI=1S/C17H26N4O4/c1-3-25-17(22)21-7-5-20(6-8-21)16-10-14(13-4-9-24-11-13)18-15(19-16)12-23-2/h10,13H,3-9,11-12H2,1-2H3/t13-/m0/s1. The summed E-state index contributed by atoms with van der Waals surface area (Å²) in [6.07, 6.45) is 0.744. The van der Waals surface area contributed by atoms with Crippen LogP contribution < -0.4 is 4.90 Å². The lowest BCUT2D eigenvalue weighted by Crippen LogP contribution is -2.49. The Bertz CT molecular complexity index is 584. The second kappa shape index (κ2) is 8.44. The Labute approximate surface area is 148 Å². The topological polar surface area (TPSA) is 77.0 Å². The maximum atomic E-state index is 11.8. The molecule has 3 heterocycles. The average Bonchev–Trinajstić information content (AvgIpc) is 3.17. The van der Waals surface area contributed by atoms with Crippen molar-refractivity contribution >= 4 is 11.9 Å². The molecule has 1 aromatic heterocycles. The molecule has 0 aromatic carbocycles. The van der Waals surface area contributed by atoms with Gasteiger partial charge in [-0.25, -0.2) is 14.8 Å². The zero-order chi connectivity index (χ0) is 17.6. The molecule has 1 aromatic rings. The van der Waals surface area contributed by atoms with E-state index < -0.39 is 0 Å². The fraction of sp³-hybridized carbons (Fsp3) is 0.706. The van der Waals surface area contributed by atoms with Crippen molar-refractivity contribution in [3.63, 3.8) is 0 Å². The highest BCUT2D eigenvalue weighted by Crippen LogP contribution is 2.26. The van der Waals surface area contributed by atoms with Crippen molar-refractivity contribution in [3.05, 3.63) is 17.6 Å². The van der Waals surface area contributed by atoms with Crippen LogP contribution in [0.4, 0.5) is 10.6 Å². The van der Waals surface area contributed by atoms with Gasteiger partial charge in [0.05, 0.1) is 18.9 Å². The summed E-state index contributed by atoms with van der Waals surface area (Å²) in [5, 5.41) is 0. The van der Waals surface area contributed by atoms with Crippen LogP contribution in [0.2, 0.25) is 0 Å². The number of amides is 1. The molecule has 2 aliphatic rings. The van der Waals surface area contributed by atoms with Crippen molar-refractivity contribution in [1.82, 2.24) is 14.9 Å². The molecule has 0 N–H and O–H groups in total. The molecule has 3 rings (SSSR count). The number of nitrogens with zero attached hydrogens (tertiary/aromatic N) is 4. The first-order valence-corrected chi connectivity index (χ1v) is 8.82. The van der Waals surface area contributed by atoms with Gasteiger partial charge in [0.25, 0.3) is 0 Å². The predicted octanol–water partition coefficient (Wildman–Crippen LogP) is 1.41. The fourth-order valence-corrected chi connectivity index (χ4v) is 3.17. The van der Waals surface area contributed by atoms with Gasteiger partial charge in [-0.1, -0.05) is 0 Å². The Hall–Kier alpha value is -1.93. The van der Waals surface area contributed by atoms with Gasteiger partial charge in [0, 0.05) is 51.9 Å². The van der Waals surface area contributed by atoms with E-state index in [1.165, 1.54) is 0 Å². The van der Waals surface area contributed by atoms with Gasteiger partial charge in [0.2, 0.25) is 0 Å². The highest BCUT2D eigenvalue weighted by atomic mass is 16.6. The number of carbonyl (C=O) groups is 1. The number of rotatable bonds is 5. The Balaban J connectivity index is 1.72. The normalized spacial score (nSPS) is 20.8. The van der Waals surface area contributed by atoms with Crippen molar-refractivity contribution in [2.24, 2.45) is 0 Å². The summed E-state index contributed by atoms with van der Waals surface area (Å²) in [4.78, 5) is 25.0. The summed E-state index contributed by atoms with van der Waals surface area (Å²) in [6.45, 7) is 6.80. The van der Waals surface area contributed by atoms with E-state index in [0.717, 1.165) is 37.6 Å². The second-order valence-electron chi connectivity index (χ2n) is 6.23. The molecule has 0 spiro atoms. The Kier molecular flexibility index (Phi) is 6.04. The quantitative estimate of drug-likeness (QED) is 0.794. The number of anilines is 1. The number of hydrogen-bond acceptors (Lipinski definition) is 7. The molecule has 0 unspecified atom stereocenters. The van der Waals surface area contributed by atoms with Crippen LogP contribution in [0.3, 0.4) is 0 Å². The molecular weight excluding hydrogens is 324 g/mol. The van der Waals surface area contributed by atoms with Gasteiger partial charge in [0.15, 0.2) is 5.82 Å². The van der Waals surface area contributed by atoms with Crippen LogP contribution in [0.1, 0.15) is 30.8 Å². The largest absolute Gasteiger partial charge is 0.450 e. The number of carbonyl (C=O) groups excluding carboxylic acids is 1. The Morgan fingerprint density at radius 1 is 1.32 bits per heavy atom. The molecule has 8 nitrogen and oxygen atoms in total. The third-order valence-corrected chi connectivity index (χ3v) is 4.53. The smallest absolute Gasteiger partial charge is 0.409 e. The summed E-state index contributed by atoms with van der Waals surface area (Å²) in [6, 6.07) is 2.05. The predicted molar refractivity (Wildman–Crippen MR) is 91.7 cm³/mol. The van der Waals surface area contributed by atoms with Gasteiger partial charge in [0.1, 0.15) is 12.4 Å². The van der Waals surface area contributed by atoms with Crippen LogP contribution in [0, 0.1) is 0 Å². The van der Waals surface area contributed by atoms with E-state index in [1.807, 2.05) is 6.92 Å². The molecule has 0 aliphatic carbocycles. The molecule has 25 heavy (non-hydrogen) atoms. The van der Waals surface area contributed by atoms with Crippen LogP contribution >= 0.6 is 0 Å². The number of aromatic nitrogens is 2. The van der Waals surface area contributed by atoms with E-state index in [4.69, 9.17) is 14.2 Å². The third-order valence-electron chi connectivity index (χ3n) is 4.53. The van der Waals surface area contributed by atoms with Gasteiger partial charge in [-0.2, -0.15) is 0 Å². The van der Waals surface area contributed by atoms with Gasteiger partial charge in [-0.3, -0.25) is 0 Å². The number of hydrogen-bond donors (Lipinski definition) is 0. The average molecular weight is 350 g/mol. The van der Waals surface area contributed by atoms with Crippen molar-refractivity contribution < 1.29 is 19.0 Å². The lowest BCUT2D eigenvalue weighted by atomic mass is 10.0. The number of methoxy groups -OCH3 is 1. The molecule has 2 fully saturated rings. The summed E-state index contributed by atoms with van der Waals surface area (Å²) < 4.78 is 15.8. The van der Waals surface area contributed by atoms with Crippen molar-refractivity contribution in [3.8, 4) is 0 Å². The molecule has 138 valence electrons. The zero-order valence-electron chi connectivity index (χ0n) is 14.9. The SMILES string of the molecule is CCOC(=O)N1CCN(c2cc([C@H]3CCOC3)nc(COC)n2)CC1. The number of ether oxygens (including phenoxy) is 3. The lowest BCUT2D eigenvalue weighted by molar-refractivity contribution is 0.105. The monoisotopic (exact) mass is 350 g/mol. The summed E-state index contributed by atoms with van der Waals surface area (Å²) >= 11 is 0. The minimum absolute atomic E-state index is 0.242. The first-order valence-electron chi connectivity index (χ1n) is 8.82. The minimum atomic E-state index is -0.242. The minimum Gasteiger partial charge on any atom is -0.450 e. The van der Waals surface area contributed by atoms with Crippen LogP contribution in [0.25, 0.3) is 0 Å². The second-order valence-corrected chi connectivity index (χ2v) is 6.23. The van der Waals surface area contributed by atoms with Gasteiger partial charge < -0.3 is 24.0 Å². The maximum Gasteiger partial charge on any atom is 0.409 e. The molecular formula is C17H26N4O4. The molecule has 2 saturated heterocycles. The van der Waals surface area contributed by atoms with Gasteiger partial charge in [-0.05, 0) is 13.3 Å². The van der Waals surface area contributed by atoms with E-state index in [-0.39, 0.29) is 6.09 Å². The number of piperazine rings is 1. The van der Waals surface area contributed by atoms with Gasteiger partial charge in [-0.15, -0.1) is 0 Å². The van der Waals surface area contributed by atoms with Crippen molar-refractivity contribution in [2.75, 3.05) is 58.0 Å². The van der Waals surface area contributed by atoms with E-state index in [0.29, 0.717) is 44.7 Å². The molecule has 0 radical (unpaired) electrons. The third kappa shape index (κ3) is 4.38. The molecule has 0 saturated carbocycles. The van der Waals surface area contributed by atoms with Crippen LogP contribution in [-0.4, -0.2) is 74.1 Å².